The van der Waals surface area contributed by atoms with E-state index >= 15 is 0 Å². The Bertz CT molecular complexity index is 900. The Kier molecular flexibility index (Phi) is 5.24. The number of nitrogens with one attached hydrogen (secondary N) is 1. The first kappa shape index (κ1) is 17.7. The van der Waals surface area contributed by atoms with E-state index in [0.717, 1.165) is 17.0 Å². The van der Waals surface area contributed by atoms with Crippen molar-refractivity contribution in [1.29, 1.82) is 0 Å². The third-order valence-corrected chi connectivity index (χ3v) is 5.31. The van der Waals surface area contributed by atoms with Crippen molar-refractivity contribution in [3.05, 3.63) is 51.2 Å². The number of aryl methyl sites for hydroxylation is 2. The number of aromatic nitrogens is 1. The number of carbonyl (C=O) groups excluding carboxylic acids is 1. The number of ether oxygens (including phenoxy) is 1. The van der Waals surface area contributed by atoms with Crippen LogP contribution in [0.3, 0.4) is 0 Å². The van der Waals surface area contributed by atoms with Crippen LogP contribution in [0.15, 0.2) is 38.5 Å². The number of halogens is 1. The summed E-state index contributed by atoms with van der Waals surface area (Å²) in [7, 11) is 0. The number of carbonyl (C=O) groups is 1. The second kappa shape index (κ2) is 7.41. The summed E-state index contributed by atoms with van der Waals surface area (Å²) in [5.41, 5.74) is 2.27. The van der Waals surface area contributed by atoms with Crippen LogP contribution in [0.2, 0.25) is 0 Å². The molecule has 0 atom stereocenters. The molecule has 0 unspecified atom stereocenters. The molecule has 7 heteroatoms. The molecule has 0 saturated heterocycles. The molecule has 0 aliphatic rings. The molecule has 0 spiro atoms. The zero-order valence-corrected chi connectivity index (χ0v) is 16.5. The maximum absolute atomic E-state index is 12.5. The highest BCUT2D eigenvalue weighted by atomic mass is 79.9. The van der Waals surface area contributed by atoms with Gasteiger partial charge in [-0.3, -0.25) is 10.1 Å². The fourth-order valence-electron chi connectivity index (χ4n) is 2.43. The minimum Gasteiger partial charge on any atom is -0.494 e. The van der Waals surface area contributed by atoms with E-state index in [4.69, 9.17) is 9.15 Å². The monoisotopic (exact) mass is 420 g/mol. The van der Waals surface area contributed by atoms with Gasteiger partial charge < -0.3 is 9.15 Å². The van der Waals surface area contributed by atoms with Crippen molar-refractivity contribution in [2.45, 2.75) is 20.8 Å². The summed E-state index contributed by atoms with van der Waals surface area (Å²) in [5.74, 6) is 1.83. The number of thiazole rings is 1. The van der Waals surface area contributed by atoms with Crippen LogP contribution in [0.5, 0.6) is 5.75 Å². The molecular weight excluding hydrogens is 404 g/mol. The molecule has 2 aromatic heterocycles. The van der Waals surface area contributed by atoms with E-state index < -0.39 is 0 Å². The molecule has 0 radical (unpaired) electrons. The zero-order chi connectivity index (χ0) is 18.0. The van der Waals surface area contributed by atoms with Gasteiger partial charge in [0, 0.05) is 10.9 Å². The fraction of sp³-hybridized carbons (Fsp3) is 0.222. The lowest BCUT2D eigenvalue weighted by atomic mass is 10.2. The standard InChI is InChI=1S/C18H17BrN2O3S/c1-4-23-13-7-5-12(6-8-13)14-9-25-18(20-14)21-17(22)15-10(2)24-11(3)16(15)19/h5-9H,4H2,1-3H3,(H,20,21,22). The lowest BCUT2D eigenvalue weighted by Crippen LogP contribution is -2.12. The topological polar surface area (TPSA) is 64.4 Å². The zero-order valence-electron chi connectivity index (χ0n) is 14.1. The summed E-state index contributed by atoms with van der Waals surface area (Å²) in [4.78, 5) is 17.0. The first-order chi connectivity index (χ1) is 12.0. The van der Waals surface area contributed by atoms with Crippen molar-refractivity contribution < 1.29 is 13.9 Å². The molecule has 0 bridgehead atoms. The predicted molar refractivity (Wildman–Crippen MR) is 103 cm³/mol. The molecule has 130 valence electrons. The maximum atomic E-state index is 12.5. The number of furan rings is 1. The number of amides is 1. The van der Waals surface area contributed by atoms with Gasteiger partial charge in [0.25, 0.3) is 5.91 Å². The molecule has 3 aromatic rings. The van der Waals surface area contributed by atoms with Gasteiger partial charge in [-0.05, 0) is 61.0 Å². The molecule has 1 amide bonds. The van der Waals surface area contributed by atoms with E-state index in [0.29, 0.717) is 33.3 Å². The Morgan fingerprint density at radius 3 is 2.60 bits per heavy atom. The average Bonchev–Trinajstić information content (AvgIpc) is 3.13. The van der Waals surface area contributed by atoms with Gasteiger partial charge in [0.05, 0.1) is 22.3 Å². The minimum absolute atomic E-state index is 0.242. The summed E-state index contributed by atoms with van der Waals surface area (Å²) in [6.07, 6.45) is 0. The van der Waals surface area contributed by atoms with Crippen molar-refractivity contribution in [2.75, 3.05) is 11.9 Å². The average molecular weight is 421 g/mol. The lowest BCUT2D eigenvalue weighted by Gasteiger charge is -2.03. The normalized spacial score (nSPS) is 10.7. The molecule has 0 aliphatic carbocycles. The highest BCUT2D eigenvalue weighted by Crippen LogP contribution is 2.30. The third kappa shape index (κ3) is 3.77. The third-order valence-electron chi connectivity index (χ3n) is 3.60. The largest absolute Gasteiger partial charge is 0.494 e. The van der Waals surface area contributed by atoms with Crippen LogP contribution in [-0.2, 0) is 0 Å². The van der Waals surface area contributed by atoms with Crippen LogP contribution < -0.4 is 10.1 Å². The van der Waals surface area contributed by atoms with Gasteiger partial charge in [0.1, 0.15) is 17.3 Å². The molecular formula is C18H17BrN2O3S. The molecule has 3 rings (SSSR count). The fourth-order valence-corrected chi connectivity index (χ4v) is 3.68. The van der Waals surface area contributed by atoms with Gasteiger partial charge in [0.15, 0.2) is 5.13 Å². The van der Waals surface area contributed by atoms with E-state index in [2.05, 4.69) is 26.2 Å². The molecule has 2 heterocycles. The first-order valence-electron chi connectivity index (χ1n) is 7.75. The van der Waals surface area contributed by atoms with Gasteiger partial charge in [0.2, 0.25) is 0 Å². The summed E-state index contributed by atoms with van der Waals surface area (Å²) in [6.45, 7) is 6.15. The van der Waals surface area contributed by atoms with Crippen molar-refractivity contribution in [1.82, 2.24) is 4.98 Å². The summed E-state index contributed by atoms with van der Waals surface area (Å²) in [6, 6.07) is 7.72. The molecule has 0 aliphatic heterocycles. The van der Waals surface area contributed by atoms with Crippen molar-refractivity contribution in [3.8, 4) is 17.0 Å². The van der Waals surface area contributed by atoms with Crippen LogP contribution in [0, 0.1) is 13.8 Å². The molecule has 0 saturated carbocycles. The molecule has 1 aromatic carbocycles. The van der Waals surface area contributed by atoms with Crippen molar-refractivity contribution in [3.63, 3.8) is 0 Å². The van der Waals surface area contributed by atoms with E-state index in [9.17, 15) is 4.79 Å². The van der Waals surface area contributed by atoms with Gasteiger partial charge in [-0.2, -0.15) is 0 Å². The molecule has 25 heavy (non-hydrogen) atoms. The second-order valence-electron chi connectivity index (χ2n) is 5.35. The Labute approximate surface area is 158 Å². The van der Waals surface area contributed by atoms with Crippen molar-refractivity contribution in [2.24, 2.45) is 0 Å². The van der Waals surface area contributed by atoms with Crippen LogP contribution in [0.25, 0.3) is 11.3 Å². The molecule has 5 nitrogen and oxygen atoms in total. The number of hydrogen-bond donors (Lipinski definition) is 1. The van der Waals surface area contributed by atoms with E-state index in [1.165, 1.54) is 11.3 Å². The van der Waals surface area contributed by atoms with E-state index in [1.54, 1.807) is 13.8 Å². The second-order valence-corrected chi connectivity index (χ2v) is 7.00. The van der Waals surface area contributed by atoms with Gasteiger partial charge in [-0.15, -0.1) is 11.3 Å². The Balaban J connectivity index is 1.76. The number of anilines is 1. The Morgan fingerprint density at radius 1 is 1.28 bits per heavy atom. The van der Waals surface area contributed by atoms with Crippen molar-refractivity contribution >= 4 is 38.3 Å². The first-order valence-corrected chi connectivity index (χ1v) is 9.42. The van der Waals surface area contributed by atoms with Crippen LogP contribution in [0.4, 0.5) is 5.13 Å². The number of nitrogens with zero attached hydrogens (tertiary/aromatic N) is 1. The van der Waals surface area contributed by atoms with Gasteiger partial charge in [-0.25, -0.2) is 4.98 Å². The van der Waals surface area contributed by atoms with Gasteiger partial charge >= 0.3 is 0 Å². The highest BCUT2D eigenvalue weighted by Gasteiger charge is 2.20. The number of rotatable bonds is 5. The maximum Gasteiger partial charge on any atom is 0.262 e. The lowest BCUT2D eigenvalue weighted by molar-refractivity contribution is 0.102. The van der Waals surface area contributed by atoms with E-state index in [1.807, 2.05) is 36.6 Å². The minimum atomic E-state index is -0.242. The van der Waals surface area contributed by atoms with Crippen LogP contribution in [0.1, 0.15) is 28.8 Å². The van der Waals surface area contributed by atoms with E-state index in [-0.39, 0.29) is 5.91 Å². The predicted octanol–water partition coefficient (Wildman–Crippen LogP) is 5.43. The summed E-state index contributed by atoms with van der Waals surface area (Å²) < 4.78 is 11.6. The number of benzene rings is 1. The summed E-state index contributed by atoms with van der Waals surface area (Å²) in [5, 5.41) is 5.28. The summed E-state index contributed by atoms with van der Waals surface area (Å²) >= 11 is 4.77. The quantitative estimate of drug-likeness (QED) is 0.597. The number of hydrogen-bond acceptors (Lipinski definition) is 5. The van der Waals surface area contributed by atoms with Crippen LogP contribution in [-0.4, -0.2) is 17.5 Å². The molecule has 0 fully saturated rings. The smallest absolute Gasteiger partial charge is 0.262 e. The highest BCUT2D eigenvalue weighted by molar-refractivity contribution is 9.10. The Hall–Kier alpha value is -2.12. The van der Waals surface area contributed by atoms with Gasteiger partial charge in [-0.1, -0.05) is 0 Å². The Morgan fingerprint density at radius 2 is 2.00 bits per heavy atom. The van der Waals surface area contributed by atoms with Crippen LogP contribution >= 0.6 is 27.3 Å². The molecule has 1 N–H and O–H groups in total. The SMILES string of the molecule is CCOc1ccc(-c2csc(NC(=O)c3c(C)oc(C)c3Br)n2)cc1.